The van der Waals surface area contributed by atoms with Gasteiger partial charge in [-0.1, -0.05) is 51.3 Å². The Kier molecular flexibility index (Phi) is 5.25. The lowest BCUT2D eigenvalue weighted by atomic mass is 9.78. The zero-order valence-electron chi connectivity index (χ0n) is 12.0. The summed E-state index contributed by atoms with van der Waals surface area (Å²) < 4.78 is 0. The largest absolute Gasteiger partial charge is 0.330 e. The molecule has 0 aliphatic heterocycles. The second kappa shape index (κ2) is 6.48. The topological polar surface area (TPSA) is 49.9 Å². The van der Waals surface area contributed by atoms with Crippen molar-refractivity contribution in [2.24, 2.45) is 11.1 Å². The van der Waals surface area contributed by atoms with Crippen LogP contribution < -0.4 is 5.73 Å². The number of nitrogens with one attached hydrogen (secondary N) is 1. The predicted octanol–water partition coefficient (Wildman–Crippen LogP) is 3.94. The molecule has 0 fully saturated rings. The van der Waals surface area contributed by atoms with Gasteiger partial charge in [0.2, 0.25) is 0 Å². The maximum Gasteiger partial charge on any atom is 0.0256 e. The number of hydrogen-bond donors (Lipinski definition) is 2. The van der Waals surface area contributed by atoms with E-state index in [-0.39, 0.29) is 5.41 Å². The molecule has 0 saturated heterocycles. The smallest absolute Gasteiger partial charge is 0.0256 e. The maximum atomic E-state index is 7.46. The summed E-state index contributed by atoms with van der Waals surface area (Å²) in [5.74, 6) is 0. The molecule has 0 aromatic rings. The Labute approximate surface area is 116 Å². The highest BCUT2D eigenvalue weighted by Crippen LogP contribution is 2.34. The van der Waals surface area contributed by atoms with E-state index in [0.717, 1.165) is 24.0 Å². The van der Waals surface area contributed by atoms with Crippen molar-refractivity contribution in [2.45, 2.75) is 26.7 Å². The summed E-state index contributed by atoms with van der Waals surface area (Å²) in [6, 6.07) is 0. The minimum absolute atomic E-state index is 0.0169. The number of nitrogens with two attached hydrogens (primary N) is 1. The van der Waals surface area contributed by atoms with E-state index in [1.54, 1.807) is 6.08 Å². The van der Waals surface area contributed by atoms with Gasteiger partial charge in [0.05, 0.1) is 0 Å². The molecule has 3 N–H and O–H groups in total. The van der Waals surface area contributed by atoms with Crippen LogP contribution in [-0.2, 0) is 0 Å². The van der Waals surface area contributed by atoms with Crippen LogP contribution in [0.3, 0.4) is 0 Å². The summed E-state index contributed by atoms with van der Waals surface area (Å²) in [6.45, 7) is 12.6. The van der Waals surface area contributed by atoms with Crippen molar-refractivity contribution in [3.8, 4) is 0 Å². The second-order valence-corrected chi connectivity index (χ2v) is 5.38. The summed E-state index contributed by atoms with van der Waals surface area (Å²) in [4.78, 5) is 0. The quantitative estimate of drug-likeness (QED) is 0.549. The minimum atomic E-state index is -0.0169. The fourth-order valence-corrected chi connectivity index (χ4v) is 2.18. The Morgan fingerprint density at radius 3 is 2.58 bits per heavy atom. The third-order valence-electron chi connectivity index (χ3n) is 3.64. The van der Waals surface area contributed by atoms with Crippen molar-refractivity contribution in [1.29, 1.82) is 5.41 Å². The van der Waals surface area contributed by atoms with Crippen molar-refractivity contribution in [2.75, 3.05) is 6.54 Å². The van der Waals surface area contributed by atoms with Gasteiger partial charge in [-0.25, -0.2) is 0 Å². The lowest BCUT2D eigenvalue weighted by Crippen LogP contribution is -2.26. The molecule has 2 heteroatoms. The van der Waals surface area contributed by atoms with Crippen LogP contribution in [0.15, 0.2) is 59.8 Å². The molecule has 0 saturated carbocycles. The van der Waals surface area contributed by atoms with Gasteiger partial charge < -0.3 is 11.1 Å². The van der Waals surface area contributed by atoms with Crippen molar-refractivity contribution in [1.82, 2.24) is 0 Å². The lowest BCUT2D eigenvalue weighted by Gasteiger charge is -2.28. The summed E-state index contributed by atoms with van der Waals surface area (Å²) >= 11 is 0. The second-order valence-electron chi connectivity index (χ2n) is 5.38. The molecule has 102 valence electrons. The number of hydrogen-bond acceptors (Lipinski definition) is 2. The van der Waals surface area contributed by atoms with Crippen molar-refractivity contribution in [3.63, 3.8) is 0 Å². The lowest BCUT2D eigenvalue weighted by molar-refractivity contribution is 0.467. The molecule has 0 aromatic carbocycles. The van der Waals surface area contributed by atoms with E-state index in [0.29, 0.717) is 6.54 Å². The van der Waals surface area contributed by atoms with Crippen molar-refractivity contribution in [3.05, 3.63) is 59.8 Å². The van der Waals surface area contributed by atoms with Gasteiger partial charge in [-0.05, 0) is 35.1 Å². The predicted molar refractivity (Wildman–Crippen MR) is 84.4 cm³/mol. The van der Waals surface area contributed by atoms with Gasteiger partial charge in [0.25, 0.3) is 0 Å². The molecule has 0 bridgehead atoms. The van der Waals surface area contributed by atoms with Crippen molar-refractivity contribution >= 4 is 6.21 Å². The van der Waals surface area contributed by atoms with E-state index >= 15 is 0 Å². The third kappa shape index (κ3) is 3.42. The first-order chi connectivity index (χ1) is 9.00. The van der Waals surface area contributed by atoms with Crippen LogP contribution in [0.1, 0.15) is 26.7 Å². The average Bonchev–Trinajstić information content (AvgIpc) is 2.44. The van der Waals surface area contributed by atoms with E-state index in [1.165, 1.54) is 17.4 Å². The maximum absolute atomic E-state index is 7.46. The first-order valence-electron chi connectivity index (χ1n) is 6.61. The van der Waals surface area contributed by atoms with Crippen LogP contribution in [0.5, 0.6) is 0 Å². The molecule has 2 nitrogen and oxygen atoms in total. The van der Waals surface area contributed by atoms with Crippen LogP contribution in [0, 0.1) is 10.8 Å². The van der Waals surface area contributed by atoms with E-state index < -0.39 is 0 Å². The van der Waals surface area contributed by atoms with Gasteiger partial charge in [0.1, 0.15) is 0 Å². The molecule has 0 aromatic heterocycles. The Hall–Kier alpha value is -1.67. The monoisotopic (exact) mass is 256 g/mol. The molecule has 0 atom stereocenters. The van der Waals surface area contributed by atoms with E-state index in [4.69, 9.17) is 11.1 Å². The molecule has 0 amide bonds. The van der Waals surface area contributed by atoms with Gasteiger partial charge in [-0.2, -0.15) is 0 Å². The van der Waals surface area contributed by atoms with Crippen LogP contribution >= 0.6 is 0 Å². The fourth-order valence-electron chi connectivity index (χ4n) is 2.18. The zero-order valence-corrected chi connectivity index (χ0v) is 12.0. The summed E-state index contributed by atoms with van der Waals surface area (Å²) in [5, 5.41) is 7.46. The van der Waals surface area contributed by atoms with Gasteiger partial charge >= 0.3 is 0 Å². The molecule has 1 rings (SSSR count). The molecular weight excluding hydrogens is 232 g/mol. The summed E-state index contributed by atoms with van der Waals surface area (Å²) in [7, 11) is 0. The molecule has 0 radical (unpaired) electrons. The molecule has 19 heavy (non-hydrogen) atoms. The SMILES string of the molecule is C=C/C(C=N)=C(\C=C)C1=CC(C(C)(C)CN)=CCC1. The molecule has 0 spiro atoms. The minimum Gasteiger partial charge on any atom is -0.330 e. The highest BCUT2D eigenvalue weighted by Gasteiger charge is 2.22. The molecule has 0 unspecified atom stereocenters. The van der Waals surface area contributed by atoms with Crippen LogP contribution in [-0.4, -0.2) is 12.8 Å². The van der Waals surface area contributed by atoms with Crippen LogP contribution in [0.25, 0.3) is 0 Å². The standard InChI is InChI=1S/C17H24N2/c1-5-13(11-18)16(6-2)14-8-7-9-15(10-14)17(3,4)12-19/h5-6,9-11,18H,1-2,7-8,12,19H2,3-4H3/b16-13-,18-11?. The van der Waals surface area contributed by atoms with E-state index in [9.17, 15) is 0 Å². The Bertz CT molecular complexity index is 463. The first kappa shape index (κ1) is 15.4. The molecule has 0 heterocycles. The normalized spacial score (nSPS) is 17.0. The average molecular weight is 256 g/mol. The first-order valence-corrected chi connectivity index (χ1v) is 6.61. The van der Waals surface area contributed by atoms with Crippen LogP contribution in [0.2, 0.25) is 0 Å². The Morgan fingerprint density at radius 2 is 2.11 bits per heavy atom. The van der Waals surface area contributed by atoms with Crippen molar-refractivity contribution < 1.29 is 0 Å². The Morgan fingerprint density at radius 1 is 1.42 bits per heavy atom. The molecular formula is C17H24N2. The zero-order chi connectivity index (χ0) is 14.5. The van der Waals surface area contributed by atoms with Gasteiger partial charge in [0.15, 0.2) is 0 Å². The third-order valence-corrected chi connectivity index (χ3v) is 3.64. The van der Waals surface area contributed by atoms with E-state index in [1.807, 2.05) is 6.08 Å². The summed E-state index contributed by atoms with van der Waals surface area (Å²) in [6.07, 6.45) is 11.3. The molecule has 1 aliphatic carbocycles. The van der Waals surface area contributed by atoms with Gasteiger partial charge in [-0.3, -0.25) is 0 Å². The number of rotatable bonds is 6. The van der Waals surface area contributed by atoms with Gasteiger partial charge in [0, 0.05) is 18.2 Å². The number of allylic oxidation sites excluding steroid dienone is 7. The van der Waals surface area contributed by atoms with Gasteiger partial charge in [-0.15, -0.1) is 0 Å². The Balaban J connectivity index is 3.25. The molecule has 1 aliphatic rings. The van der Waals surface area contributed by atoms with E-state index in [2.05, 4.69) is 39.2 Å². The van der Waals surface area contributed by atoms with Crippen LogP contribution in [0.4, 0.5) is 0 Å². The highest BCUT2D eigenvalue weighted by atomic mass is 14.6. The fraction of sp³-hybridized carbons (Fsp3) is 0.353. The summed E-state index contributed by atoms with van der Waals surface area (Å²) in [5.41, 5.74) is 10.1. The highest BCUT2D eigenvalue weighted by molar-refractivity contribution is 5.83.